The highest BCUT2D eigenvalue weighted by atomic mass is 35.5. The summed E-state index contributed by atoms with van der Waals surface area (Å²) in [5.41, 5.74) is 0.993. The highest BCUT2D eigenvalue weighted by molar-refractivity contribution is 6.31. The molecule has 2 aromatic heterocycles. The molecule has 0 spiro atoms. The van der Waals surface area contributed by atoms with Crippen molar-refractivity contribution in [2.45, 2.75) is 0 Å². The number of nitrogens with zero attached hydrogens (tertiary/aromatic N) is 1. The number of hydrogen-bond donors (Lipinski definition) is 1. The maximum absolute atomic E-state index is 11.2. The second-order valence-electron chi connectivity index (χ2n) is 2.77. The van der Waals surface area contributed by atoms with Crippen molar-refractivity contribution in [1.82, 2.24) is 9.97 Å². The molecule has 0 saturated heterocycles. The van der Waals surface area contributed by atoms with Crippen LogP contribution in [0.3, 0.4) is 0 Å². The predicted octanol–water partition coefficient (Wildman–Crippen LogP) is 2.00. The van der Waals surface area contributed by atoms with E-state index in [1.54, 1.807) is 12.1 Å². The number of aromatic nitrogens is 2. The number of halogens is 1. The van der Waals surface area contributed by atoms with Gasteiger partial charge < -0.3 is 9.72 Å². The maximum atomic E-state index is 11.2. The number of carbonyl (C=O) groups is 1. The Morgan fingerprint density at radius 1 is 1.57 bits per heavy atom. The SMILES string of the molecule is COC(=O)c1cc2cc(Cl)cnc2[nH]1. The number of H-pyrrole nitrogens is 1. The van der Waals surface area contributed by atoms with E-state index < -0.39 is 5.97 Å². The Bertz CT molecular complexity index is 493. The number of methoxy groups -OCH3 is 1. The summed E-state index contributed by atoms with van der Waals surface area (Å²) in [5.74, 6) is -0.417. The predicted molar refractivity (Wildman–Crippen MR) is 52.4 cm³/mol. The third-order valence-corrected chi connectivity index (χ3v) is 2.05. The van der Waals surface area contributed by atoms with Crippen molar-refractivity contribution in [3.05, 3.63) is 29.0 Å². The topological polar surface area (TPSA) is 55.0 Å². The summed E-state index contributed by atoms with van der Waals surface area (Å²) in [6.45, 7) is 0. The molecule has 0 radical (unpaired) electrons. The van der Waals surface area contributed by atoms with Crippen LogP contribution in [0.1, 0.15) is 10.5 Å². The van der Waals surface area contributed by atoms with Gasteiger partial charge >= 0.3 is 5.97 Å². The number of hydrogen-bond acceptors (Lipinski definition) is 3. The number of ether oxygens (including phenoxy) is 1. The first-order valence-electron chi connectivity index (χ1n) is 3.93. The molecule has 0 aliphatic heterocycles. The van der Waals surface area contributed by atoms with Gasteiger partial charge in [0.2, 0.25) is 0 Å². The molecule has 0 bridgehead atoms. The first kappa shape index (κ1) is 9.02. The number of nitrogens with one attached hydrogen (secondary N) is 1. The van der Waals surface area contributed by atoms with Crippen LogP contribution >= 0.6 is 11.6 Å². The zero-order valence-corrected chi connectivity index (χ0v) is 8.13. The molecule has 0 aliphatic carbocycles. The van der Waals surface area contributed by atoms with Crippen molar-refractivity contribution in [2.75, 3.05) is 7.11 Å². The van der Waals surface area contributed by atoms with Gasteiger partial charge in [0.15, 0.2) is 0 Å². The van der Waals surface area contributed by atoms with E-state index in [0.717, 1.165) is 5.39 Å². The molecule has 0 atom stereocenters. The van der Waals surface area contributed by atoms with Crippen LogP contribution in [0.2, 0.25) is 5.02 Å². The maximum Gasteiger partial charge on any atom is 0.354 e. The standard InChI is InChI=1S/C9H7ClN2O2/c1-14-9(13)7-3-5-2-6(10)4-11-8(5)12-7/h2-4H,1H3,(H,11,12). The van der Waals surface area contributed by atoms with Crippen LogP contribution < -0.4 is 0 Å². The summed E-state index contributed by atoms with van der Waals surface area (Å²) >= 11 is 5.75. The van der Waals surface area contributed by atoms with Crippen LogP contribution in [-0.2, 0) is 4.74 Å². The van der Waals surface area contributed by atoms with E-state index in [1.807, 2.05) is 0 Å². The van der Waals surface area contributed by atoms with E-state index in [-0.39, 0.29) is 0 Å². The highest BCUT2D eigenvalue weighted by Crippen LogP contribution is 2.17. The lowest BCUT2D eigenvalue weighted by Gasteiger charge is -1.91. The van der Waals surface area contributed by atoms with E-state index in [2.05, 4.69) is 14.7 Å². The third kappa shape index (κ3) is 1.44. The van der Waals surface area contributed by atoms with Gasteiger partial charge in [-0.15, -0.1) is 0 Å². The molecule has 0 aromatic carbocycles. The number of fused-ring (bicyclic) bond motifs is 1. The molecular weight excluding hydrogens is 204 g/mol. The van der Waals surface area contributed by atoms with Crippen molar-refractivity contribution in [1.29, 1.82) is 0 Å². The first-order chi connectivity index (χ1) is 6.70. The van der Waals surface area contributed by atoms with Gasteiger partial charge in [0, 0.05) is 11.6 Å². The summed E-state index contributed by atoms with van der Waals surface area (Å²) < 4.78 is 4.57. The van der Waals surface area contributed by atoms with Crippen LogP contribution in [-0.4, -0.2) is 23.0 Å². The largest absolute Gasteiger partial charge is 0.464 e. The summed E-state index contributed by atoms with van der Waals surface area (Å²) in [4.78, 5) is 18.0. The van der Waals surface area contributed by atoms with E-state index in [0.29, 0.717) is 16.4 Å². The van der Waals surface area contributed by atoms with Gasteiger partial charge in [0.05, 0.1) is 12.1 Å². The number of carbonyl (C=O) groups excluding carboxylic acids is 1. The number of esters is 1. The molecule has 0 aliphatic rings. The minimum atomic E-state index is -0.417. The second kappa shape index (κ2) is 3.31. The van der Waals surface area contributed by atoms with Gasteiger partial charge in [-0.1, -0.05) is 11.6 Å². The summed E-state index contributed by atoms with van der Waals surface area (Å²) in [7, 11) is 1.33. The molecule has 1 N–H and O–H groups in total. The van der Waals surface area contributed by atoms with E-state index >= 15 is 0 Å². The number of pyridine rings is 1. The van der Waals surface area contributed by atoms with Crippen molar-refractivity contribution in [3.8, 4) is 0 Å². The summed E-state index contributed by atoms with van der Waals surface area (Å²) in [6, 6.07) is 3.38. The van der Waals surface area contributed by atoms with Gasteiger partial charge in [-0.25, -0.2) is 9.78 Å². The van der Waals surface area contributed by atoms with Crippen molar-refractivity contribution >= 4 is 28.6 Å². The molecule has 2 aromatic rings. The van der Waals surface area contributed by atoms with Crippen LogP contribution in [0, 0.1) is 0 Å². The van der Waals surface area contributed by atoms with E-state index in [4.69, 9.17) is 11.6 Å². The minimum absolute atomic E-state index is 0.372. The Morgan fingerprint density at radius 2 is 2.36 bits per heavy atom. The van der Waals surface area contributed by atoms with Gasteiger partial charge in [0.1, 0.15) is 11.3 Å². The van der Waals surface area contributed by atoms with Crippen LogP contribution in [0.4, 0.5) is 0 Å². The van der Waals surface area contributed by atoms with Gasteiger partial charge in [-0.05, 0) is 12.1 Å². The van der Waals surface area contributed by atoms with Crippen molar-refractivity contribution < 1.29 is 9.53 Å². The fourth-order valence-corrected chi connectivity index (χ4v) is 1.37. The average Bonchev–Trinajstić information content (AvgIpc) is 2.59. The normalized spacial score (nSPS) is 10.4. The number of aromatic amines is 1. The lowest BCUT2D eigenvalue weighted by Crippen LogP contribution is -2.00. The lowest BCUT2D eigenvalue weighted by atomic mass is 10.3. The van der Waals surface area contributed by atoms with Gasteiger partial charge in [-0.2, -0.15) is 0 Å². The quantitative estimate of drug-likeness (QED) is 0.733. The van der Waals surface area contributed by atoms with Crippen LogP contribution in [0.25, 0.3) is 11.0 Å². The van der Waals surface area contributed by atoms with Crippen LogP contribution in [0.5, 0.6) is 0 Å². The van der Waals surface area contributed by atoms with E-state index in [9.17, 15) is 4.79 Å². The van der Waals surface area contributed by atoms with Crippen LogP contribution in [0.15, 0.2) is 18.3 Å². The molecule has 14 heavy (non-hydrogen) atoms. The smallest absolute Gasteiger partial charge is 0.354 e. The Balaban J connectivity index is 2.56. The average molecular weight is 211 g/mol. The monoisotopic (exact) mass is 210 g/mol. The first-order valence-corrected chi connectivity index (χ1v) is 4.31. The lowest BCUT2D eigenvalue weighted by molar-refractivity contribution is 0.0595. The van der Waals surface area contributed by atoms with Gasteiger partial charge in [0.25, 0.3) is 0 Å². The molecular formula is C9H7ClN2O2. The van der Waals surface area contributed by atoms with Crippen molar-refractivity contribution in [2.24, 2.45) is 0 Å². The molecule has 2 heterocycles. The van der Waals surface area contributed by atoms with E-state index in [1.165, 1.54) is 13.3 Å². The summed E-state index contributed by atoms with van der Waals surface area (Å²) in [5, 5.41) is 1.32. The highest BCUT2D eigenvalue weighted by Gasteiger charge is 2.09. The summed E-state index contributed by atoms with van der Waals surface area (Å²) in [6.07, 6.45) is 1.52. The molecule has 72 valence electrons. The van der Waals surface area contributed by atoms with Gasteiger partial charge in [-0.3, -0.25) is 0 Å². The zero-order chi connectivity index (χ0) is 10.1. The minimum Gasteiger partial charge on any atom is -0.464 e. The fourth-order valence-electron chi connectivity index (χ4n) is 1.21. The fraction of sp³-hybridized carbons (Fsp3) is 0.111. The second-order valence-corrected chi connectivity index (χ2v) is 3.20. The molecule has 0 unspecified atom stereocenters. The Kier molecular flexibility index (Phi) is 2.13. The molecule has 0 amide bonds. The molecule has 0 saturated carbocycles. The molecule has 5 heteroatoms. The zero-order valence-electron chi connectivity index (χ0n) is 7.37. The Labute approximate surface area is 84.9 Å². The van der Waals surface area contributed by atoms with Crippen molar-refractivity contribution in [3.63, 3.8) is 0 Å². The third-order valence-electron chi connectivity index (χ3n) is 1.84. The Morgan fingerprint density at radius 3 is 3.07 bits per heavy atom. The Hall–Kier alpha value is -1.55. The molecule has 4 nitrogen and oxygen atoms in total. The molecule has 2 rings (SSSR count). The molecule has 0 fully saturated rings. The number of rotatable bonds is 1.